The molecule has 2 unspecified atom stereocenters. The maximum atomic E-state index is 11.1. The summed E-state index contributed by atoms with van der Waals surface area (Å²) < 4.78 is 0. The molecule has 2 atom stereocenters. The molecule has 0 N–H and O–H groups in total. The van der Waals surface area contributed by atoms with Gasteiger partial charge in [-0.2, -0.15) is 0 Å². The monoisotopic (exact) mass is 287 g/mol. The van der Waals surface area contributed by atoms with E-state index >= 15 is 0 Å². The predicted molar refractivity (Wildman–Crippen MR) is 94.7 cm³/mol. The Kier molecular flexibility index (Phi) is 10.1. The van der Waals surface area contributed by atoms with Crippen molar-refractivity contribution in [2.24, 2.45) is 17.8 Å². The Labute approximate surface area is 132 Å². The molecule has 0 aliphatic rings. The zero-order valence-corrected chi connectivity index (χ0v) is 14.9. The minimum atomic E-state index is 0.146. The van der Waals surface area contributed by atoms with Crippen molar-refractivity contribution in [3.63, 3.8) is 0 Å². The summed E-state index contributed by atoms with van der Waals surface area (Å²) >= 11 is 0. The van der Waals surface area contributed by atoms with Crippen LogP contribution >= 0.6 is 0 Å². The fourth-order valence-corrected chi connectivity index (χ4v) is 2.07. The molecule has 1 nitrogen and oxygen atoms in total. The Morgan fingerprint density at radius 3 is 1.81 bits per heavy atom. The van der Waals surface area contributed by atoms with E-state index in [0.717, 1.165) is 11.8 Å². The van der Waals surface area contributed by atoms with Crippen molar-refractivity contribution in [3.8, 4) is 0 Å². The second kappa shape index (κ2) is 10.6. The first-order chi connectivity index (χ1) is 9.79. The van der Waals surface area contributed by atoms with Gasteiger partial charge in [0, 0.05) is 0 Å². The summed E-state index contributed by atoms with van der Waals surface area (Å²) in [6.07, 6.45) is 1.32. The minimum Gasteiger partial charge on any atom is -0.312 e. The van der Waals surface area contributed by atoms with E-state index in [0.29, 0.717) is 5.92 Å². The molecule has 1 aromatic rings. The molecule has 0 saturated heterocycles. The molecule has 1 rings (SSSR count). The number of hydrogen-bond acceptors (Lipinski definition) is 1. The number of benzene rings is 1. The van der Waals surface area contributed by atoms with E-state index in [1.807, 2.05) is 18.2 Å². The quantitative estimate of drug-likeness (QED) is 0.647. The van der Waals surface area contributed by atoms with Gasteiger partial charge in [-0.25, -0.2) is 0 Å². The first-order valence-corrected chi connectivity index (χ1v) is 8.19. The fourth-order valence-electron chi connectivity index (χ4n) is 2.07. The van der Waals surface area contributed by atoms with Crippen molar-refractivity contribution >= 4 is 13.0 Å². The summed E-state index contributed by atoms with van der Waals surface area (Å²) in [6, 6.07) is 10.2. The van der Waals surface area contributed by atoms with Gasteiger partial charge >= 0.3 is 0 Å². The summed E-state index contributed by atoms with van der Waals surface area (Å²) in [5, 5.41) is 0. The topological polar surface area (TPSA) is 17.1 Å². The lowest BCUT2D eigenvalue weighted by Crippen LogP contribution is -2.20. The Hall–Kier alpha value is -1.05. The number of carbonyl (C=O) groups excluding carboxylic acids is 1. The molecular weight excluding hydrogens is 255 g/mol. The fraction of sp³-hybridized carbons (Fsp3) is 0.632. The van der Waals surface area contributed by atoms with Gasteiger partial charge in [-0.1, -0.05) is 83.9 Å². The van der Waals surface area contributed by atoms with Crippen LogP contribution in [-0.2, 0) is 4.79 Å². The lowest BCUT2D eigenvalue weighted by Gasteiger charge is -2.18. The molecule has 0 heterocycles. The standard InChI is InChI=1S/C12H16BO.C7H16/c1-9(2)12(13-10(3)14)11-7-5-4-6-8-11;1-5-7(4)6(2)3/h4-9,12H,1-3H3;6-7H,5H2,1-4H3. The van der Waals surface area contributed by atoms with E-state index in [1.165, 1.54) is 12.0 Å². The molecule has 1 radical (unpaired) electrons. The maximum absolute atomic E-state index is 11.1. The average molecular weight is 287 g/mol. The predicted octanol–water partition coefficient (Wildman–Crippen LogP) is 5.32. The lowest BCUT2D eigenvalue weighted by atomic mass is 9.55. The van der Waals surface area contributed by atoms with Crippen LogP contribution in [0.4, 0.5) is 0 Å². The van der Waals surface area contributed by atoms with Crippen LogP contribution in [0.2, 0.25) is 0 Å². The van der Waals surface area contributed by atoms with Gasteiger partial charge in [-0.15, -0.1) is 0 Å². The van der Waals surface area contributed by atoms with Gasteiger partial charge in [0.1, 0.15) is 0 Å². The van der Waals surface area contributed by atoms with Crippen molar-refractivity contribution in [2.45, 2.75) is 60.7 Å². The number of carbonyl (C=O) groups is 1. The van der Waals surface area contributed by atoms with Crippen molar-refractivity contribution in [3.05, 3.63) is 35.9 Å². The third-order valence-corrected chi connectivity index (χ3v) is 4.10. The van der Waals surface area contributed by atoms with Gasteiger partial charge in [0.2, 0.25) is 7.28 Å². The molecule has 0 bridgehead atoms. The van der Waals surface area contributed by atoms with Crippen LogP contribution in [0.15, 0.2) is 30.3 Å². The summed E-state index contributed by atoms with van der Waals surface area (Å²) in [5.41, 5.74) is 1.37. The Morgan fingerprint density at radius 2 is 1.52 bits per heavy atom. The third kappa shape index (κ3) is 8.75. The molecular formula is C19H32BO. The molecule has 21 heavy (non-hydrogen) atoms. The molecule has 2 heteroatoms. The first-order valence-electron chi connectivity index (χ1n) is 8.19. The van der Waals surface area contributed by atoms with E-state index in [4.69, 9.17) is 0 Å². The first kappa shape index (κ1) is 20.0. The molecule has 0 aliphatic carbocycles. The van der Waals surface area contributed by atoms with Gasteiger partial charge in [-0.3, -0.25) is 0 Å². The second-order valence-corrected chi connectivity index (χ2v) is 6.59. The van der Waals surface area contributed by atoms with Gasteiger partial charge in [0.15, 0.2) is 0 Å². The summed E-state index contributed by atoms with van der Waals surface area (Å²) in [6.45, 7) is 15.0. The second-order valence-electron chi connectivity index (χ2n) is 6.59. The van der Waals surface area contributed by atoms with Crippen LogP contribution in [-0.4, -0.2) is 13.0 Å². The van der Waals surface area contributed by atoms with Crippen LogP contribution in [0.1, 0.15) is 66.3 Å². The third-order valence-electron chi connectivity index (χ3n) is 4.10. The van der Waals surface area contributed by atoms with E-state index in [1.54, 1.807) is 14.2 Å². The van der Waals surface area contributed by atoms with Gasteiger partial charge in [0.25, 0.3) is 0 Å². The van der Waals surface area contributed by atoms with E-state index in [2.05, 4.69) is 53.7 Å². The van der Waals surface area contributed by atoms with Gasteiger partial charge in [-0.05, 0) is 30.5 Å². The van der Waals surface area contributed by atoms with E-state index in [9.17, 15) is 4.79 Å². The van der Waals surface area contributed by atoms with Crippen LogP contribution in [0.25, 0.3) is 0 Å². The van der Waals surface area contributed by atoms with Crippen LogP contribution in [0, 0.1) is 17.8 Å². The molecule has 0 fully saturated rings. The molecule has 0 saturated carbocycles. The summed E-state index contributed by atoms with van der Waals surface area (Å²) in [5.74, 6) is 2.47. The molecule has 0 spiro atoms. The van der Waals surface area contributed by atoms with Crippen molar-refractivity contribution in [2.75, 3.05) is 0 Å². The highest BCUT2D eigenvalue weighted by Gasteiger charge is 2.18. The SMILES string of the molecule is CC(=O)[B]C(c1ccccc1)C(C)C.CCC(C)C(C)C. The molecule has 1 aromatic carbocycles. The number of hydrogen-bond donors (Lipinski definition) is 0. The van der Waals surface area contributed by atoms with Crippen LogP contribution in [0.3, 0.4) is 0 Å². The molecule has 117 valence electrons. The largest absolute Gasteiger partial charge is 0.312 e. The Balaban J connectivity index is 0.000000486. The van der Waals surface area contributed by atoms with Crippen molar-refractivity contribution in [1.82, 2.24) is 0 Å². The summed E-state index contributed by atoms with van der Waals surface area (Å²) in [7, 11) is 1.81. The van der Waals surface area contributed by atoms with Crippen molar-refractivity contribution in [1.29, 1.82) is 0 Å². The Bertz CT molecular complexity index is 384. The highest BCUT2D eigenvalue weighted by atomic mass is 16.1. The number of rotatable bonds is 6. The van der Waals surface area contributed by atoms with Crippen LogP contribution in [0.5, 0.6) is 0 Å². The smallest absolute Gasteiger partial charge is 0.210 e. The minimum absolute atomic E-state index is 0.146. The Morgan fingerprint density at radius 1 is 1.00 bits per heavy atom. The van der Waals surface area contributed by atoms with Gasteiger partial charge < -0.3 is 4.79 Å². The van der Waals surface area contributed by atoms with E-state index in [-0.39, 0.29) is 11.5 Å². The normalized spacial score (nSPS) is 13.4. The van der Waals surface area contributed by atoms with E-state index < -0.39 is 0 Å². The average Bonchev–Trinajstić information content (AvgIpc) is 2.44. The summed E-state index contributed by atoms with van der Waals surface area (Å²) in [4.78, 5) is 11.1. The van der Waals surface area contributed by atoms with Crippen molar-refractivity contribution < 1.29 is 4.79 Å². The zero-order chi connectivity index (χ0) is 16.4. The maximum Gasteiger partial charge on any atom is 0.210 e. The molecule has 0 aliphatic heterocycles. The zero-order valence-electron chi connectivity index (χ0n) is 14.9. The molecule has 0 amide bonds. The van der Waals surface area contributed by atoms with Gasteiger partial charge in [0.05, 0.1) is 5.68 Å². The highest BCUT2D eigenvalue weighted by molar-refractivity contribution is 6.74. The molecule has 0 aromatic heterocycles. The van der Waals surface area contributed by atoms with Crippen LogP contribution < -0.4 is 0 Å². The lowest BCUT2D eigenvalue weighted by molar-refractivity contribution is -0.110. The highest BCUT2D eigenvalue weighted by Crippen LogP contribution is 2.22.